The minimum absolute atomic E-state index is 0.0157. The molecule has 2 aromatic rings. The zero-order chi connectivity index (χ0) is 18.4. The van der Waals surface area contributed by atoms with Crippen molar-refractivity contribution < 1.29 is 9.59 Å². The van der Waals surface area contributed by atoms with Crippen LogP contribution in [0, 0.1) is 5.92 Å². The van der Waals surface area contributed by atoms with E-state index in [-0.39, 0.29) is 17.6 Å². The zero-order valence-corrected chi connectivity index (χ0v) is 15.5. The summed E-state index contributed by atoms with van der Waals surface area (Å²) in [4.78, 5) is 25.9. The Bertz CT molecular complexity index is 716. The molecule has 2 nitrogen and oxygen atoms in total. The number of hydrogen-bond acceptors (Lipinski definition) is 2. The average molecular weight is 347 g/mol. The van der Waals surface area contributed by atoms with Crippen molar-refractivity contribution in [2.45, 2.75) is 56.8 Å². The highest BCUT2D eigenvalue weighted by atomic mass is 16.1. The van der Waals surface area contributed by atoms with Crippen molar-refractivity contribution in [2.75, 3.05) is 0 Å². The first-order valence-corrected chi connectivity index (χ1v) is 9.71. The maximum atomic E-state index is 13.5. The predicted octanol–water partition coefficient (Wildman–Crippen LogP) is 5.38. The van der Waals surface area contributed by atoms with E-state index >= 15 is 0 Å². The first-order valence-electron chi connectivity index (χ1n) is 9.71. The molecule has 0 aliphatic heterocycles. The molecule has 3 rings (SSSR count). The minimum Gasteiger partial charge on any atom is -0.298 e. The van der Waals surface area contributed by atoms with Gasteiger partial charge in [-0.15, -0.1) is 0 Å². The lowest BCUT2D eigenvalue weighted by atomic mass is 9.62. The van der Waals surface area contributed by atoms with Gasteiger partial charge in [0.05, 0.1) is 0 Å². The predicted molar refractivity (Wildman–Crippen MR) is 105 cm³/mol. The molecule has 135 valence electrons. The molecule has 0 aromatic heterocycles. The van der Waals surface area contributed by atoms with E-state index < -0.39 is 5.41 Å². The SMILES string of the molecule is CC(CC(=O)C([C]=O)(c1ccccc1)C1CCCCC1)c1ccccc1. The van der Waals surface area contributed by atoms with Gasteiger partial charge in [0, 0.05) is 6.42 Å². The molecular formula is C24H27O2. The fourth-order valence-electron chi connectivity index (χ4n) is 4.40. The van der Waals surface area contributed by atoms with E-state index in [2.05, 4.69) is 13.2 Å². The van der Waals surface area contributed by atoms with Crippen molar-refractivity contribution in [3.63, 3.8) is 0 Å². The first kappa shape index (κ1) is 18.6. The van der Waals surface area contributed by atoms with Crippen LogP contribution in [0.4, 0.5) is 0 Å². The summed E-state index contributed by atoms with van der Waals surface area (Å²) in [5.41, 5.74) is 0.828. The topological polar surface area (TPSA) is 34.1 Å². The number of Topliss-reactive ketones (excluding diaryl/α,β-unsaturated/α-hetero) is 1. The lowest BCUT2D eigenvalue weighted by Gasteiger charge is -2.37. The van der Waals surface area contributed by atoms with Crippen LogP contribution in [0.5, 0.6) is 0 Å². The zero-order valence-electron chi connectivity index (χ0n) is 15.5. The highest BCUT2D eigenvalue weighted by Gasteiger charge is 2.47. The van der Waals surface area contributed by atoms with Crippen LogP contribution < -0.4 is 0 Å². The standard InChI is InChI=1S/C24H27O2/c1-19(20-11-5-2-6-12-20)17-23(26)24(18-25,21-13-7-3-8-14-21)22-15-9-4-10-16-22/h2-3,5-8,11-14,19,22H,4,9-10,15-17H2,1H3. The smallest absolute Gasteiger partial charge is 0.218 e. The van der Waals surface area contributed by atoms with Crippen molar-refractivity contribution in [2.24, 2.45) is 5.92 Å². The molecule has 26 heavy (non-hydrogen) atoms. The number of hydrogen-bond donors (Lipinski definition) is 0. The molecule has 1 radical (unpaired) electrons. The van der Waals surface area contributed by atoms with Crippen LogP contribution in [0.3, 0.4) is 0 Å². The van der Waals surface area contributed by atoms with Crippen molar-refractivity contribution in [1.82, 2.24) is 0 Å². The summed E-state index contributed by atoms with van der Waals surface area (Å²) >= 11 is 0. The van der Waals surface area contributed by atoms with E-state index in [1.54, 1.807) is 0 Å². The Morgan fingerprint density at radius 3 is 2.15 bits per heavy atom. The minimum atomic E-state index is -1.12. The van der Waals surface area contributed by atoms with Gasteiger partial charge < -0.3 is 0 Å². The summed E-state index contributed by atoms with van der Waals surface area (Å²) < 4.78 is 0. The Labute approximate surface area is 156 Å². The molecule has 1 saturated carbocycles. The van der Waals surface area contributed by atoms with Gasteiger partial charge in [0.15, 0.2) is 5.78 Å². The number of rotatable bonds is 7. The Morgan fingerprint density at radius 1 is 1.00 bits per heavy atom. The molecule has 2 heteroatoms. The molecule has 0 spiro atoms. The van der Waals surface area contributed by atoms with Gasteiger partial charge in [-0.05, 0) is 35.8 Å². The lowest BCUT2D eigenvalue weighted by Crippen LogP contribution is -2.46. The van der Waals surface area contributed by atoms with E-state index in [0.717, 1.165) is 36.8 Å². The van der Waals surface area contributed by atoms with E-state index in [9.17, 15) is 9.59 Å². The van der Waals surface area contributed by atoms with Gasteiger partial charge in [-0.1, -0.05) is 86.8 Å². The van der Waals surface area contributed by atoms with Crippen LogP contribution in [0.1, 0.15) is 62.5 Å². The molecule has 0 N–H and O–H groups in total. The van der Waals surface area contributed by atoms with Gasteiger partial charge in [0.1, 0.15) is 5.41 Å². The van der Waals surface area contributed by atoms with E-state index in [4.69, 9.17) is 0 Å². The number of benzene rings is 2. The molecule has 1 aliphatic rings. The number of carbonyl (C=O) groups excluding carboxylic acids is 2. The molecule has 0 saturated heterocycles. The first-order chi connectivity index (χ1) is 12.7. The summed E-state index contributed by atoms with van der Waals surface area (Å²) in [5, 5.41) is 0. The van der Waals surface area contributed by atoms with Gasteiger partial charge in [-0.3, -0.25) is 9.59 Å². The van der Waals surface area contributed by atoms with E-state index in [0.29, 0.717) is 6.42 Å². The quantitative estimate of drug-likeness (QED) is 0.630. The van der Waals surface area contributed by atoms with Crippen LogP contribution in [-0.4, -0.2) is 12.1 Å². The lowest BCUT2D eigenvalue weighted by molar-refractivity contribution is -0.124. The second kappa shape index (κ2) is 8.44. The molecule has 1 fully saturated rings. The van der Waals surface area contributed by atoms with Crippen molar-refractivity contribution >= 4 is 12.1 Å². The molecule has 2 atom stereocenters. The molecular weight excluding hydrogens is 320 g/mol. The van der Waals surface area contributed by atoms with E-state index in [1.165, 1.54) is 6.42 Å². The van der Waals surface area contributed by atoms with E-state index in [1.807, 2.05) is 60.7 Å². The fourth-order valence-corrected chi connectivity index (χ4v) is 4.40. The highest BCUT2D eigenvalue weighted by molar-refractivity contribution is 6.05. The summed E-state index contributed by atoms with van der Waals surface area (Å²) in [7, 11) is 0. The summed E-state index contributed by atoms with van der Waals surface area (Å²) in [6.07, 6.45) is 7.84. The molecule has 0 bridgehead atoms. The maximum absolute atomic E-state index is 13.5. The van der Waals surface area contributed by atoms with Crippen LogP contribution in [0.15, 0.2) is 60.7 Å². The van der Waals surface area contributed by atoms with Crippen molar-refractivity contribution in [1.29, 1.82) is 0 Å². The van der Waals surface area contributed by atoms with Gasteiger partial charge in [-0.2, -0.15) is 0 Å². The van der Waals surface area contributed by atoms with Crippen LogP contribution >= 0.6 is 0 Å². The third-order valence-electron chi connectivity index (χ3n) is 5.91. The summed E-state index contributed by atoms with van der Waals surface area (Å²) in [6.45, 7) is 2.06. The number of carbonyl (C=O) groups is 1. The summed E-state index contributed by atoms with van der Waals surface area (Å²) in [5.74, 6) is 0.164. The molecule has 2 aromatic carbocycles. The van der Waals surface area contributed by atoms with Crippen molar-refractivity contribution in [3.8, 4) is 0 Å². The monoisotopic (exact) mass is 347 g/mol. The van der Waals surface area contributed by atoms with Crippen molar-refractivity contribution in [3.05, 3.63) is 71.8 Å². The van der Waals surface area contributed by atoms with Crippen LogP contribution in [0.2, 0.25) is 0 Å². The number of ketones is 1. The maximum Gasteiger partial charge on any atom is 0.218 e. The summed E-state index contributed by atoms with van der Waals surface area (Å²) in [6, 6.07) is 19.7. The van der Waals surface area contributed by atoms with Crippen LogP contribution in [-0.2, 0) is 15.0 Å². The fraction of sp³-hybridized carbons (Fsp3) is 0.417. The third-order valence-corrected chi connectivity index (χ3v) is 5.91. The normalized spacial score (nSPS) is 18.7. The second-order valence-corrected chi connectivity index (χ2v) is 7.55. The van der Waals surface area contributed by atoms with Gasteiger partial charge in [0.2, 0.25) is 6.29 Å². The molecule has 1 aliphatic carbocycles. The third kappa shape index (κ3) is 3.65. The van der Waals surface area contributed by atoms with Crippen LogP contribution in [0.25, 0.3) is 0 Å². The molecule has 0 amide bonds. The Balaban J connectivity index is 1.94. The van der Waals surface area contributed by atoms with Gasteiger partial charge >= 0.3 is 0 Å². The Morgan fingerprint density at radius 2 is 1.58 bits per heavy atom. The highest BCUT2D eigenvalue weighted by Crippen LogP contribution is 2.42. The Hall–Kier alpha value is -2.22. The Kier molecular flexibility index (Phi) is 6.03. The molecule has 0 heterocycles. The molecule has 2 unspecified atom stereocenters. The second-order valence-electron chi connectivity index (χ2n) is 7.55. The average Bonchev–Trinajstić information content (AvgIpc) is 2.71. The van der Waals surface area contributed by atoms with Gasteiger partial charge in [-0.25, -0.2) is 0 Å². The van der Waals surface area contributed by atoms with Gasteiger partial charge in [0.25, 0.3) is 0 Å². The largest absolute Gasteiger partial charge is 0.298 e.